The molecule has 1 aromatic carbocycles. The van der Waals surface area contributed by atoms with Gasteiger partial charge < -0.3 is 0 Å². The molecule has 0 saturated heterocycles. The second-order valence-corrected chi connectivity index (χ2v) is 1.08. The summed E-state index contributed by atoms with van der Waals surface area (Å²) in [6.07, 6.45) is 0. The molecule has 1 rings (SSSR count). The summed E-state index contributed by atoms with van der Waals surface area (Å²) in [6.45, 7) is 0. The van der Waals surface area contributed by atoms with Crippen LogP contribution in [0.1, 0.15) is 0 Å². The van der Waals surface area contributed by atoms with Crippen molar-refractivity contribution in [1.29, 1.82) is 0 Å². The van der Waals surface area contributed by atoms with Gasteiger partial charge in [0.25, 0.3) is 0 Å². The average Bonchev–Trinajstić information content (AvgIpc) is 1.72. The Kier molecular flexibility index (Phi) is 4.02. The van der Waals surface area contributed by atoms with Gasteiger partial charge >= 0.3 is 0 Å². The minimum absolute atomic E-state index is 0. The third-order valence-corrected chi connectivity index (χ3v) is 0.607. The van der Waals surface area contributed by atoms with Crippen LogP contribution in [0.5, 0.6) is 0 Å². The first kappa shape index (κ1) is 6.91. The first-order valence-electron chi connectivity index (χ1n) is 1.91. The van der Waals surface area contributed by atoms with Crippen LogP contribution in [0.2, 0.25) is 0 Å². The molecular formula is C6H5Pt-. The zero-order chi connectivity index (χ0) is 4.24. The molecule has 0 amide bonds. The molecule has 0 nitrogen and oxygen atoms in total. The van der Waals surface area contributed by atoms with Crippen LogP contribution in [0, 0.1) is 6.07 Å². The van der Waals surface area contributed by atoms with Gasteiger partial charge in [0.2, 0.25) is 0 Å². The fourth-order valence-corrected chi connectivity index (χ4v) is 0.342. The van der Waals surface area contributed by atoms with Gasteiger partial charge in [-0.3, -0.25) is 0 Å². The van der Waals surface area contributed by atoms with Crippen LogP contribution >= 0.6 is 0 Å². The predicted molar refractivity (Wildman–Crippen MR) is 25.3 cm³/mol. The zero-order valence-corrected chi connectivity index (χ0v) is 5.98. The van der Waals surface area contributed by atoms with Gasteiger partial charge in [-0.25, -0.2) is 0 Å². The first-order chi connectivity index (χ1) is 3.00. The molecule has 1 heteroatoms. The van der Waals surface area contributed by atoms with Crippen molar-refractivity contribution in [1.82, 2.24) is 0 Å². The molecule has 0 aliphatic rings. The number of rotatable bonds is 0. The second-order valence-electron chi connectivity index (χ2n) is 1.08. The van der Waals surface area contributed by atoms with E-state index in [9.17, 15) is 0 Å². The van der Waals surface area contributed by atoms with E-state index in [4.69, 9.17) is 0 Å². The van der Waals surface area contributed by atoms with Crippen molar-refractivity contribution in [2.24, 2.45) is 0 Å². The maximum atomic E-state index is 2.89. The average molecular weight is 272 g/mol. The Bertz CT molecular complexity index is 76.1. The molecule has 7 heavy (non-hydrogen) atoms. The van der Waals surface area contributed by atoms with Gasteiger partial charge in [0.15, 0.2) is 0 Å². The summed E-state index contributed by atoms with van der Waals surface area (Å²) in [4.78, 5) is 0. The number of benzene rings is 1. The van der Waals surface area contributed by atoms with Crippen LogP contribution in [0.15, 0.2) is 30.3 Å². The minimum atomic E-state index is 0. The molecule has 0 fully saturated rings. The maximum Gasteiger partial charge on any atom is 0 e. The smallest absolute Gasteiger partial charge is 0 e. The molecule has 0 saturated carbocycles. The Balaban J connectivity index is 0.000000360. The fourth-order valence-electron chi connectivity index (χ4n) is 0.342. The van der Waals surface area contributed by atoms with Gasteiger partial charge in [-0.05, 0) is 0 Å². The van der Waals surface area contributed by atoms with E-state index in [2.05, 4.69) is 6.07 Å². The van der Waals surface area contributed by atoms with Crippen molar-refractivity contribution < 1.29 is 21.1 Å². The van der Waals surface area contributed by atoms with Crippen molar-refractivity contribution in [3.05, 3.63) is 36.4 Å². The van der Waals surface area contributed by atoms with Gasteiger partial charge in [-0.15, -0.1) is 0 Å². The topological polar surface area (TPSA) is 0 Å². The van der Waals surface area contributed by atoms with Crippen molar-refractivity contribution in [3.8, 4) is 0 Å². The molecule has 0 spiro atoms. The molecule has 40 valence electrons. The summed E-state index contributed by atoms with van der Waals surface area (Å²) in [6, 6.07) is 12.5. The van der Waals surface area contributed by atoms with Crippen molar-refractivity contribution in [2.75, 3.05) is 0 Å². The van der Waals surface area contributed by atoms with Gasteiger partial charge in [0.1, 0.15) is 0 Å². The first-order valence-corrected chi connectivity index (χ1v) is 1.91. The summed E-state index contributed by atoms with van der Waals surface area (Å²) in [5.74, 6) is 0. The standard InChI is InChI=1S/C6H5.Pt/c1-2-4-6-5-3-1;/h1-5H;/q-1;. The maximum absolute atomic E-state index is 2.89. The van der Waals surface area contributed by atoms with E-state index in [1.54, 1.807) is 0 Å². The molecule has 0 heterocycles. The van der Waals surface area contributed by atoms with Crippen LogP contribution in [-0.2, 0) is 21.1 Å². The van der Waals surface area contributed by atoms with Gasteiger partial charge in [-0.1, -0.05) is 0 Å². The van der Waals surface area contributed by atoms with Crippen LogP contribution in [-0.4, -0.2) is 0 Å². The van der Waals surface area contributed by atoms with Gasteiger partial charge in [0, 0.05) is 21.1 Å². The molecule has 0 atom stereocenters. The monoisotopic (exact) mass is 272 g/mol. The van der Waals surface area contributed by atoms with Crippen molar-refractivity contribution in [3.63, 3.8) is 0 Å². The Morgan fingerprint density at radius 3 is 1.57 bits per heavy atom. The Labute approximate surface area is 57.8 Å². The minimum Gasteiger partial charge on any atom is -0.184 e. The van der Waals surface area contributed by atoms with E-state index in [1.807, 2.05) is 30.3 Å². The van der Waals surface area contributed by atoms with Gasteiger partial charge in [-0.2, -0.15) is 36.4 Å². The van der Waals surface area contributed by atoms with Crippen LogP contribution < -0.4 is 0 Å². The Hall–Kier alpha value is -0.0917. The molecule has 0 unspecified atom stereocenters. The quantitative estimate of drug-likeness (QED) is 0.628. The predicted octanol–water partition coefficient (Wildman–Crippen LogP) is 1.48. The third kappa shape index (κ3) is 2.59. The Morgan fingerprint density at radius 2 is 1.43 bits per heavy atom. The van der Waals surface area contributed by atoms with E-state index in [0.717, 1.165) is 0 Å². The van der Waals surface area contributed by atoms with E-state index in [1.165, 1.54) is 0 Å². The summed E-state index contributed by atoms with van der Waals surface area (Å²) in [5, 5.41) is 0. The second kappa shape index (κ2) is 4.08. The van der Waals surface area contributed by atoms with E-state index >= 15 is 0 Å². The zero-order valence-electron chi connectivity index (χ0n) is 3.70. The molecule has 0 aromatic heterocycles. The Morgan fingerprint density at radius 1 is 0.857 bits per heavy atom. The SMILES string of the molecule is [Pt].[c-]1ccccc1. The van der Waals surface area contributed by atoms with Crippen LogP contribution in [0.3, 0.4) is 0 Å². The summed E-state index contributed by atoms with van der Waals surface area (Å²) in [7, 11) is 0. The van der Waals surface area contributed by atoms with Crippen molar-refractivity contribution in [2.45, 2.75) is 0 Å². The molecule has 1 aromatic rings. The fraction of sp³-hybridized carbons (Fsp3) is 0. The van der Waals surface area contributed by atoms with Gasteiger partial charge in [0.05, 0.1) is 0 Å². The molecule has 0 aliphatic carbocycles. The summed E-state index contributed by atoms with van der Waals surface area (Å²) in [5.41, 5.74) is 0. The molecular weight excluding hydrogens is 267 g/mol. The molecule has 0 aliphatic heterocycles. The number of hydrogen-bond donors (Lipinski definition) is 0. The van der Waals surface area contributed by atoms with E-state index < -0.39 is 0 Å². The van der Waals surface area contributed by atoms with Crippen molar-refractivity contribution >= 4 is 0 Å². The molecule has 0 radical (unpaired) electrons. The molecule has 0 N–H and O–H groups in total. The van der Waals surface area contributed by atoms with E-state index in [0.29, 0.717) is 0 Å². The molecule has 0 bridgehead atoms. The van der Waals surface area contributed by atoms with Crippen LogP contribution in [0.4, 0.5) is 0 Å². The third-order valence-electron chi connectivity index (χ3n) is 0.607. The summed E-state index contributed by atoms with van der Waals surface area (Å²) < 4.78 is 0. The van der Waals surface area contributed by atoms with E-state index in [-0.39, 0.29) is 21.1 Å². The number of hydrogen-bond acceptors (Lipinski definition) is 0. The summed E-state index contributed by atoms with van der Waals surface area (Å²) >= 11 is 0. The normalized spacial score (nSPS) is 6.86. The van der Waals surface area contributed by atoms with Crippen LogP contribution in [0.25, 0.3) is 0 Å². The largest absolute Gasteiger partial charge is 0.184 e.